The van der Waals surface area contributed by atoms with Crippen LogP contribution in [0.3, 0.4) is 0 Å². The summed E-state index contributed by atoms with van der Waals surface area (Å²) in [5.74, 6) is -1.92. The molecule has 0 unspecified atom stereocenters. The van der Waals surface area contributed by atoms with E-state index >= 15 is 0 Å². The molecule has 0 fully saturated rings. The molecule has 0 radical (unpaired) electrons. The SMILES string of the molecule is CCCc1nc2ccc(Cl)cn2c1C(=O)Nc1cc(F)ccc1F. The van der Waals surface area contributed by atoms with Gasteiger partial charge in [0.25, 0.3) is 5.91 Å². The molecule has 1 amide bonds. The summed E-state index contributed by atoms with van der Waals surface area (Å²) < 4.78 is 28.6. The minimum atomic E-state index is -0.714. The Hall–Kier alpha value is -2.47. The van der Waals surface area contributed by atoms with E-state index in [1.54, 1.807) is 22.7 Å². The number of fused-ring (bicyclic) bond motifs is 1. The molecule has 124 valence electrons. The summed E-state index contributed by atoms with van der Waals surface area (Å²) >= 11 is 6.00. The summed E-state index contributed by atoms with van der Waals surface area (Å²) in [5, 5.41) is 2.84. The van der Waals surface area contributed by atoms with Gasteiger partial charge in [-0.05, 0) is 30.7 Å². The number of imidazole rings is 1. The topological polar surface area (TPSA) is 46.4 Å². The first-order valence-corrected chi connectivity index (χ1v) is 7.80. The number of nitrogens with zero attached hydrogens (tertiary/aromatic N) is 2. The zero-order valence-electron chi connectivity index (χ0n) is 12.8. The Bertz CT molecular complexity index is 924. The van der Waals surface area contributed by atoms with E-state index in [1.807, 2.05) is 6.92 Å². The fraction of sp³-hybridized carbons (Fsp3) is 0.176. The predicted molar refractivity (Wildman–Crippen MR) is 88.5 cm³/mol. The van der Waals surface area contributed by atoms with Crippen LogP contribution in [0.4, 0.5) is 14.5 Å². The summed E-state index contributed by atoms with van der Waals surface area (Å²) in [4.78, 5) is 17.1. The predicted octanol–water partition coefficient (Wildman–Crippen LogP) is 4.47. The van der Waals surface area contributed by atoms with Crippen molar-refractivity contribution in [2.45, 2.75) is 19.8 Å². The Morgan fingerprint density at radius 3 is 2.83 bits per heavy atom. The Morgan fingerprint density at radius 1 is 1.29 bits per heavy atom. The highest BCUT2D eigenvalue weighted by atomic mass is 35.5. The number of benzene rings is 1. The Kier molecular flexibility index (Phi) is 4.49. The summed E-state index contributed by atoms with van der Waals surface area (Å²) in [7, 11) is 0. The van der Waals surface area contributed by atoms with Crippen molar-refractivity contribution in [3.05, 3.63) is 64.6 Å². The molecule has 0 aliphatic rings. The van der Waals surface area contributed by atoms with Crippen molar-refractivity contribution in [2.24, 2.45) is 0 Å². The smallest absolute Gasteiger partial charge is 0.274 e. The van der Waals surface area contributed by atoms with Crippen LogP contribution >= 0.6 is 11.6 Å². The summed E-state index contributed by atoms with van der Waals surface area (Å²) in [5.41, 5.74) is 1.18. The lowest BCUT2D eigenvalue weighted by atomic mass is 10.2. The first-order chi connectivity index (χ1) is 11.5. The van der Waals surface area contributed by atoms with E-state index < -0.39 is 17.5 Å². The third-order valence-corrected chi connectivity index (χ3v) is 3.76. The average Bonchev–Trinajstić information content (AvgIpc) is 2.88. The maximum Gasteiger partial charge on any atom is 0.274 e. The van der Waals surface area contributed by atoms with Gasteiger partial charge >= 0.3 is 0 Å². The molecular weight excluding hydrogens is 336 g/mol. The van der Waals surface area contributed by atoms with Crippen molar-refractivity contribution < 1.29 is 13.6 Å². The molecule has 4 nitrogen and oxygen atoms in total. The third-order valence-electron chi connectivity index (χ3n) is 3.53. The highest BCUT2D eigenvalue weighted by Crippen LogP contribution is 2.21. The molecule has 0 saturated heterocycles. The lowest BCUT2D eigenvalue weighted by Gasteiger charge is -2.08. The van der Waals surface area contributed by atoms with Crippen LogP contribution in [0, 0.1) is 11.6 Å². The number of pyridine rings is 1. The molecule has 24 heavy (non-hydrogen) atoms. The number of aryl methyl sites for hydroxylation is 1. The molecule has 0 saturated carbocycles. The van der Waals surface area contributed by atoms with E-state index in [0.717, 1.165) is 24.6 Å². The fourth-order valence-electron chi connectivity index (χ4n) is 2.49. The van der Waals surface area contributed by atoms with E-state index in [4.69, 9.17) is 11.6 Å². The largest absolute Gasteiger partial charge is 0.318 e. The van der Waals surface area contributed by atoms with E-state index in [-0.39, 0.29) is 11.4 Å². The van der Waals surface area contributed by atoms with Crippen LogP contribution in [-0.2, 0) is 6.42 Å². The highest BCUT2D eigenvalue weighted by Gasteiger charge is 2.20. The number of rotatable bonds is 4. The molecule has 1 aromatic carbocycles. The van der Waals surface area contributed by atoms with Crippen molar-refractivity contribution >= 4 is 28.8 Å². The second-order valence-corrected chi connectivity index (χ2v) is 5.75. The van der Waals surface area contributed by atoms with Crippen molar-refractivity contribution in [1.29, 1.82) is 0 Å². The Balaban J connectivity index is 2.06. The van der Waals surface area contributed by atoms with Gasteiger partial charge in [-0.25, -0.2) is 13.8 Å². The minimum absolute atomic E-state index is 0.223. The lowest BCUT2D eigenvalue weighted by Crippen LogP contribution is -2.17. The molecule has 3 aromatic rings. The van der Waals surface area contributed by atoms with E-state index in [0.29, 0.717) is 22.8 Å². The number of amides is 1. The number of carbonyl (C=O) groups is 1. The molecular formula is C17H14ClF2N3O. The molecule has 1 N–H and O–H groups in total. The Morgan fingerprint density at radius 2 is 2.08 bits per heavy atom. The second-order valence-electron chi connectivity index (χ2n) is 5.31. The normalized spacial score (nSPS) is 11.0. The first-order valence-electron chi connectivity index (χ1n) is 7.42. The molecule has 0 spiro atoms. The van der Waals surface area contributed by atoms with Crippen LogP contribution in [0.15, 0.2) is 36.5 Å². The number of aromatic nitrogens is 2. The standard InChI is InChI=1S/C17H14ClF2N3O/c1-2-3-13-16(23-9-10(18)4-7-15(23)21-13)17(24)22-14-8-11(19)5-6-12(14)20/h4-9H,2-3H2,1H3,(H,22,24). The van der Waals surface area contributed by atoms with Crippen LogP contribution in [0.2, 0.25) is 5.02 Å². The Labute approximate surface area is 142 Å². The highest BCUT2D eigenvalue weighted by molar-refractivity contribution is 6.30. The van der Waals surface area contributed by atoms with Crippen LogP contribution in [-0.4, -0.2) is 15.3 Å². The van der Waals surface area contributed by atoms with Crippen LogP contribution in [0.1, 0.15) is 29.5 Å². The van der Waals surface area contributed by atoms with E-state index in [9.17, 15) is 13.6 Å². The van der Waals surface area contributed by atoms with Gasteiger partial charge < -0.3 is 5.32 Å². The third kappa shape index (κ3) is 3.10. The van der Waals surface area contributed by atoms with Gasteiger partial charge in [-0.2, -0.15) is 0 Å². The van der Waals surface area contributed by atoms with Crippen LogP contribution < -0.4 is 5.32 Å². The molecule has 2 aromatic heterocycles. The summed E-state index contributed by atoms with van der Waals surface area (Å²) in [6, 6.07) is 6.25. The van der Waals surface area contributed by atoms with Gasteiger partial charge in [0.15, 0.2) is 0 Å². The van der Waals surface area contributed by atoms with E-state index in [1.165, 1.54) is 0 Å². The number of anilines is 1. The fourth-order valence-corrected chi connectivity index (χ4v) is 2.65. The molecule has 3 rings (SSSR count). The second kappa shape index (κ2) is 6.57. The monoisotopic (exact) mass is 349 g/mol. The first kappa shape index (κ1) is 16.4. The van der Waals surface area contributed by atoms with Gasteiger partial charge in [-0.15, -0.1) is 0 Å². The zero-order chi connectivity index (χ0) is 17.3. The van der Waals surface area contributed by atoms with Crippen LogP contribution in [0.5, 0.6) is 0 Å². The lowest BCUT2D eigenvalue weighted by molar-refractivity contribution is 0.102. The van der Waals surface area contributed by atoms with Gasteiger partial charge in [0.2, 0.25) is 0 Å². The molecule has 0 aliphatic carbocycles. The van der Waals surface area contributed by atoms with Gasteiger partial charge in [-0.1, -0.05) is 24.9 Å². The number of hydrogen-bond donors (Lipinski definition) is 1. The molecule has 7 heteroatoms. The van der Waals surface area contributed by atoms with Crippen molar-refractivity contribution in [1.82, 2.24) is 9.38 Å². The van der Waals surface area contributed by atoms with Crippen LogP contribution in [0.25, 0.3) is 5.65 Å². The number of halogens is 3. The van der Waals surface area contributed by atoms with Gasteiger partial charge in [0, 0.05) is 12.3 Å². The van der Waals surface area contributed by atoms with Gasteiger partial charge in [0.1, 0.15) is 23.0 Å². The zero-order valence-corrected chi connectivity index (χ0v) is 13.6. The van der Waals surface area contributed by atoms with Gasteiger partial charge in [-0.3, -0.25) is 9.20 Å². The number of nitrogens with one attached hydrogen (secondary N) is 1. The number of hydrogen-bond acceptors (Lipinski definition) is 2. The molecule has 2 heterocycles. The maximum absolute atomic E-state index is 13.8. The quantitative estimate of drug-likeness (QED) is 0.755. The van der Waals surface area contributed by atoms with Crippen molar-refractivity contribution in [3.63, 3.8) is 0 Å². The summed E-state index contributed by atoms with van der Waals surface area (Å²) in [6.45, 7) is 1.96. The molecule has 0 bridgehead atoms. The molecule has 0 aliphatic heterocycles. The minimum Gasteiger partial charge on any atom is -0.318 e. The maximum atomic E-state index is 13.8. The van der Waals surface area contributed by atoms with E-state index in [2.05, 4.69) is 10.3 Å². The summed E-state index contributed by atoms with van der Waals surface area (Å²) in [6.07, 6.45) is 2.93. The molecule has 0 atom stereocenters. The van der Waals surface area contributed by atoms with Gasteiger partial charge in [0.05, 0.1) is 16.4 Å². The van der Waals surface area contributed by atoms with Crippen molar-refractivity contribution in [3.8, 4) is 0 Å². The average molecular weight is 350 g/mol. The van der Waals surface area contributed by atoms with Crippen molar-refractivity contribution in [2.75, 3.05) is 5.32 Å². The number of carbonyl (C=O) groups excluding carboxylic acids is 1.